The molecule has 0 spiro atoms. The monoisotopic (exact) mass is 262 g/mol. The minimum Gasteiger partial charge on any atom is -0.496 e. The topological polar surface area (TPSA) is 70.5 Å². The van der Waals surface area contributed by atoms with Crippen LogP contribution in [0.4, 0.5) is 0 Å². The van der Waals surface area contributed by atoms with E-state index in [1.54, 1.807) is 20.5 Å². The van der Waals surface area contributed by atoms with Crippen molar-refractivity contribution in [2.75, 3.05) is 20.8 Å². The van der Waals surface area contributed by atoms with E-state index in [-0.39, 0.29) is 0 Å². The highest BCUT2D eigenvalue weighted by Gasteiger charge is 2.15. The Kier molecular flexibility index (Phi) is 4.06. The molecule has 0 saturated carbocycles. The minimum absolute atomic E-state index is 0.513. The molecular formula is C14H18N2O3. The molecule has 2 N–H and O–H groups in total. The minimum atomic E-state index is 0.513. The Hall–Kier alpha value is -2.01. The van der Waals surface area contributed by atoms with Crippen LogP contribution in [-0.4, -0.2) is 25.7 Å². The van der Waals surface area contributed by atoms with Gasteiger partial charge in [0.05, 0.1) is 14.2 Å². The van der Waals surface area contributed by atoms with E-state index < -0.39 is 0 Å². The lowest BCUT2D eigenvalue weighted by Crippen LogP contribution is -2.02. The Morgan fingerprint density at radius 3 is 2.68 bits per heavy atom. The summed E-state index contributed by atoms with van der Waals surface area (Å²) in [6, 6.07) is 3.80. The molecule has 1 aromatic carbocycles. The molecule has 0 amide bonds. The van der Waals surface area contributed by atoms with Crippen molar-refractivity contribution in [3.8, 4) is 22.8 Å². The van der Waals surface area contributed by atoms with E-state index in [0.717, 1.165) is 28.3 Å². The van der Waals surface area contributed by atoms with Gasteiger partial charge in [0.1, 0.15) is 23.5 Å². The molecule has 5 heteroatoms. The molecule has 0 fully saturated rings. The maximum absolute atomic E-state index is 5.49. The molecule has 0 aliphatic heterocycles. The molecule has 2 rings (SSSR count). The molecule has 1 aromatic heterocycles. The summed E-state index contributed by atoms with van der Waals surface area (Å²) in [6.45, 7) is 2.46. The fourth-order valence-electron chi connectivity index (χ4n) is 2.03. The standard InChI is InChI=1S/C14H18N2O3/c1-9-12(17-2)5-4-10(14(9)18-3)11-8-19-13(16-11)6-7-15/h4-5,8H,6-7,15H2,1-3H3. The van der Waals surface area contributed by atoms with Gasteiger partial charge in [-0.2, -0.15) is 0 Å². The SMILES string of the molecule is COc1ccc(-c2coc(CCN)n2)c(OC)c1C. The molecule has 0 bridgehead atoms. The van der Waals surface area contributed by atoms with E-state index in [1.165, 1.54) is 0 Å². The van der Waals surface area contributed by atoms with Crippen LogP contribution in [0, 0.1) is 6.92 Å². The summed E-state index contributed by atoms with van der Waals surface area (Å²) in [7, 11) is 3.27. The number of nitrogens with zero attached hydrogens (tertiary/aromatic N) is 1. The highest BCUT2D eigenvalue weighted by molar-refractivity contribution is 5.70. The fourth-order valence-corrected chi connectivity index (χ4v) is 2.03. The first kappa shape index (κ1) is 13.4. The molecule has 1 heterocycles. The third-order valence-corrected chi connectivity index (χ3v) is 2.97. The summed E-state index contributed by atoms with van der Waals surface area (Å²) in [6.07, 6.45) is 2.24. The Morgan fingerprint density at radius 2 is 2.05 bits per heavy atom. The molecule has 2 aromatic rings. The summed E-state index contributed by atoms with van der Waals surface area (Å²) in [5, 5.41) is 0. The highest BCUT2D eigenvalue weighted by atomic mass is 16.5. The van der Waals surface area contributed by atoms with Gasteiger partial charge in [0.25, 0.3) is 0 Å². The van der Waals surface area contributed by atoms with Crippen molar-refractivity contribution in [2.24, 2.45) is 5.73 Å². The summed E-state index contributed by atoms with van der Waals surface area (Å²) in [4.78, 5) is 4.41. The summed E-state index contributed by atoms with van der Waals surface area (Å²) < 4.78 is 16.1. The first-order chi connectivity index (χ1) is 9.21. The normalized spacial score (nSPS) is 10.5. The van der Waals surface area contributed by atoms with Crippen molar-refractivity contribution < 1.29 is 13.9 Å². The molecule has 0 aliphatic rings. The number of nitrogens with two attached hydrogens (primary N) is 1. The number of benzene rings is 1. The van der Waals surface area contributed by atoms with Gasteiger partial charge in [-0.3, -0.25) is 0 Å². The van der Waals surface area contributed by atoms with Crippen LogP contribution in [0.15, 0.2) is 22.8 Å². The molecule has 0 aliphatic carbocycles. The maximum Gasteiger partial charge on any atom is 0.195 e. The van der Waals surface area contributed by atoms with E-state index in [1.807, 2.05) is 19.1 Å². The average Bonchev–Trinajstić information content (AvgIpc) is 2.87. The summed E-state index contributed by atoms with van der Waals surface area (Å²) >= 11 is 0. The van der Waals surface area contributed by atoms with Crippen LogP contribution in [0.2, 0.25) is 0 Å². The van der Waals surface area contributed by atoms with Crippen LogP contribution in [0.3, 0.4) is 0 Å². The molecule has 0 unspecified atom stereocenters. The molecular weight excluding hydrogens is 244 g/mol. The van der Waals surface area contributed by atoms with Gasteiger partial charge >= 0.3 is 0 Å². The van der Waals surface area contributed by atoms with Gasteiger partial charge in [0, 0.05) is 24.1 Å². The maximum atomic E-state index is 5.49. The predicted octanol–water partition coefficient (Wildman–Crippen LogP) is 2.17. The zero-order valence-electron chi connectivity index (χ0n) is 11.4. The fraction of sp³-hybridized carbons (Fsp3) is 0.357. The zero-order chi connectivity index (χ0) is 13.8. The number of oxazole rings is 1. The Morgan fingerprint density at radius 1 is 1.26 bits per heavy atom. The average molecular weight is 262 g/mol. The largest absolute Gasteiger partial charge is 0.496 e. The first-order valence-corrected chi connectivity index (χ1v) is 6.07. The molecule has 19 heavy (non-hydrogen) atoms. The molecule has 102 valence electrons. The summed E-state index contributed by atoms with van der Waals surface area (Å²) in [5.74, 6) is 2.16. The molecule has 0 radical (unpaired) electrons. The smallest absolute Gasteiger partial charge is 0.195 e. The van der Waals surface area contributed by atoms with Gasteiger partial charge < -0.3 is 19.6 Å². The first-order valence-electron chi connectivity index (χ1n) is 6.07. The van der Waals surface area contributed by atoms with Gasteiger partial charge in [-0.1, -0.05) is 0 Å². The third kappa shape index (κ3) is 2.56. The second-order valence-corrected chi connectivity index (χ2v) is 4.14. The van der Waals surface area contributed by atoms with Crippen LogP contribution >= 0.6 is 0 Å². The van der Waals surface area contributed by atoms with Gasteiger partial charge in [-0.25, -0.2) is 4.98 Å². The van der Waals surface area contributed by atoms with Crippen molar-refractivity contribution in [2.45, 2.75) is 13.3 Å². The zero-order valence-corrected chi connectivity index (χ0v) is 11.4. The van der Waals surface area contributed by atoms with Crippen LogP contribution in [0.1, 0.15) is 11.5 Å². The summed E-state index contributed by atoms with van der Waals surface area (Å²) in [5.41, 5.74) is 8.05. The van der Waals surface area contributed by atoms with Gasteiger partial charge in [-0.05, 0) is 19.1 Å². The number of hydrogen-bond acceptors (Lipinski definition) is 5. The molecule has 0 atom stereocenters. The van der Waals surface area contributed by atoms with E-state index in [9.17, 15) is 0 Å². The predicted molar refractivity (Wildman–Crippen MR) is 72.5 cm³/mol. The van der Waals surface area contributed by atoms with Crippen molar-refractivity contribution >= 4 is 0 Å². The van der Waals surface area contributed by atoms with E-state index >= 15 is 0 Å². The van der Waals surface area contributed by atoms with Gasteiger partial charge in [0.2, 0.25) is 0 Å². The van der Waals surface area contributed by atoms with Crippen molar-refractivity contribution in [3.63, 3.8) is 0 Å². The Bertz CT molecular complexity index is 564. The number of rotatable bonds is 5. The second kappa shape index (κ2) is 5.75. The van der Waals surface area contributed by atoms with Gasteiger partial charge in [0.15, 0.2) is 5.89 Å². The number of methoxy groups -OCH3 is 2. The third-order valence-electron chi connectivity index (χ3n) is 2.97. The lowest BCUT2D eigenvalue weighted by molar-refractivity contribution is 0.390. The van der Waals surface area contributed by atoms with Crippen LogP contribution in [0.25, 0.3) is 11.3 Å². The van der Waals surface area contributed by atoms with Crippen molar-refractivity contribution in [3.05, 3.63) is 29.9 Å². The quantitative estimate of drug-likeness (QED) is 0.894. The van der Waals surface area contributed by atoms with Gasteiger partial charge in [-0.15, -0.1) is 0 Å². The van der Waals surface area contributed by atoms with E-state index in [4.69, 9.17) is 19.6 Å². The molecule has 0 saturated heterocycles. The van der Waals surface area contributed by atoms with Crippen LogP contribution < -0.4 is 15.2 Å². The van der Waals surface area contributed by atoms with Crippen molar-refractivity contribution in [1.29, 1.82) is 0 Å². The van der Waals surface area contributed by atoms with Crippen molar-refractivity contribution in [1.82, 2.24) is 4.98 Å². The van der Waals surface area contributed by atoms with E-state index in [2.05, 4.69) is 4.98 Å². The number of hydrogen-bond donors (Lipinski definition) is 1. The van der Waals surface area contributed by atoms with E-state index in [0.29, 0.717) is 18.9 Å². The Balaban J connectivity index is 2.46. The molecule has 5 nitrogen and oxygen atoms in total. The number of aromatic nitrogens is 1. The second-order valence-electron chi connectivity index (χ2n) is 4.14. The van der Waals surface area contributed by atoms with Crippen LogP contribution in [-0.2, 0) is 6.42 Å². The lowest BCUT2D eigenvalue weighted by atomic mass is 10.1. The Labute approximate surface area is 112 Å². The number of ether oxygens (including phenoxy) is 2. The van der Waals surface area contributed by atoms with Crippen LogP contribution in [0.5, 0.6) is 11.5 Å². The lowest BCUT2D eigenvalue weighted by Gasteiger charge is -2.12. The highest BCUT2D eigenvalue weighted by Crippen LogP contribution is 2.37.